The molecule has 0 fully saturated rings. The Bertz CT molecular complexity index is 666. The smallest absolute Gasteiger partial charge is 0.191 e. The van der Waals surface area contributed by atoms with Crippen molar-refractivity contribution in [2.24, 2.45) is 0 Å². The quantitative estimate of drug-likeness (QED) is 0.766. The van der Waals surface area contributed by atoms with Gasteiger partial charge in [-0.3, -0.25) is 0 Å². The minimum absolute atomic E-state index is 0.123. The molecule has 1 heterocycles. The van der Waals surface area contributed by atoms with Crippen molar-refractivity contribution in [3.63, 3.8) is 0 Å². The Labute approximate surface area is 123 Å². The van der Waals surface area contributed by atoms with Gasteiger partial charge in [0.15, 0.2) is 15.0 Å². The molecule has 0 spiro atoms. The maximum absolute atomic E-state index is 12.3. The lowest BCUT2D eigenvalue weighted by Crippen LogP contribution is -2.11. The molecular formula is C13H17N3O2S2. The molecule has 0 aliphatic carbocycles. The maximum atomic E-state index is 12.3. The highest BCUT2D eigenvalue weighted by molar-refractivity contribution is 7.99. The molecule has 0 bridgehead atoms. The van der Waals surface area contributed by atoms with Crippen LogP contribution in [-0.4, -0.2) is 28.9 Å². The second-order valence-electron chi connectivity index (χ2n) is 4.15. The van der Waals surface area contributed by atoms with E-state index in [-0.39, 0.29) is 5.75 Å². The van der Waals surface area contributed by atoms with Gasteiger partial charge in [-0.25, -0.2) is 8.42 Å². The summed E-state index contributed by atoms with van der Waals surface area (Å²) in [5.41, 5.74) is 0. The van der Waals surface area contributed by atoms with Gasteiger partial charge in [-0.05, 0) is 24.8 Å². The topological polar surface area (TPSA) is 64.8 Å². The molecule has 0 radical (unpaired) electrons. The summed E-state index contributed by atoms with van der Waals surface area (Å²) in [6.07, 6.45) is 0. The molecule has 2 aromatic rings. The number of rotatable bonds is 6. The Morgan fingerprint density at radius 2 is 1.85 bits per heavy atom. The first kappa shape index (κ1) is 15.1. The van der Waals surface area contributed by atoms with Crippen molar-refractivity contribution in [2.75, 3.05) is 5.75 Å². The van der Waals surface area contributed by atoms with Crippen molar-refractivity contribution in [1.29, 1.82) is 0 Å². The van der Waals surface area contributed by atoms with Crippen LogP contribution < -0.4 is 0 Å². The van der Waals surface area contributed by atoms with Crippen molar-refractivity contribution in [3.8, 4) is 0 Å². The van der Waals surface area contributed by atoms with Gasteiger partial charge in [-0.15, -0.1) is 10.2 Å². The third-order valence-corrected chi connectivity index (χ3v) is 5.28. The van der Waals surface area contributed by atoms with Gasteiger partial charge in [-0.1, -0.05) is 36.9 Å². The minimum atomic E-state index is -3.38. The monoisotopic (exact) mass is 311 g/mol. The van der Waals surface area contributed by atoms with Crippen LogP contribution in [0.1, 0.15) is 19.7 Å². The summed E-state index contributed by atoms with van der Waals surface area (Å²) in [7, 11) is -3.38. The van der Waals surface area contributed by atoms with Crippen LogP contribution in [0, 0.1) is 0 Å². The third-order valence-electron chi connectivity index (χ3n) is 2.80. The van der Waals surface area contributed by atoms with E-state index in [2.05, 4.69) is 10.2 Å². The van der Waals surface area contributed by atoms with Gasteiger partial charge < -0.3 is 4.57 Å². The van der Waals surface area contributed by atoms with Crippen LogP contribution in [0.2, 0.25) is 0 Å². The number of aromatic nitrogens is 3. The van der Waals surface area contributed by atoms with Crippen LogP contribution in [0.4, 0.5) is 0 Å². The predicted molar refractivity (Wildman–Crippen MR) is 79.4 cm³/mol. The molecule has 5 nitrogen and oxygen atoms in total. The van der Waals surface area contributed by atoms with E-state index >= 15 is 0 Å². The predicted octanol–water partition coefficient (Wildman–Crippen LogP) is 2.38. The fourth-order valence-corrected chi connectivity index (χ4v) is 3.90. The fraction of sp³-hybridized carbons (Fsp3) is 0.385. The van der Waals surface area contributed by atoms with E-state index < -0.39 is 9.84 Å². The summed E-state index contributed by atoms with van der Waals surface area (Å²) in [5.74, 6) is 1.25. The molecule has 2 rings (SSSR count). The second kappa shape index (κ2) is 6.41. The van der Waals surface area contributed by atoms with E-state index in [1.54, 1.807) is 42.1 Å². The van der Waals surface area contributed by atoms with Crippen molar-refractivity contribution < 1.29 is 8.42 Å². The molecule has 0 aliphatic rings. The van der Waals surface area contributed by atoms with E-state index in [1.165, 1.54) is 0 Å². The van der Waals surface area contributed by atoms with Gasteiger partial charge >= 0.3 is 0 Å². The lowest BCUT2D eigenvalue weighted by molar-refractivity contribution is 0.588. The summed E-state index contributed by atoms with van der Waals surface area (Å²) >= 11 is 1.56. The average molecular weight is 311 g/mol. The van der Waals surface area contributed by atoms with Gasteiger partial charge in [0.25, 0.3) is 0 Å². The van der Waals surface area contributed by atoms with E-state index in [9.17, 15) is 8.42 Å². The Hall–Kier alpha value is -1.34. The molecule has 108 valence electrons. The number of hydrogen-bond donors (Lipinski definition) is 0. The first-order valence-corrected chi connectivity index (χ1v) is 9.05. The van der Waals surface area contributed by atoms with E-state index in [0.29, 0.717) is 17.3 Å². The van der Waals surface area contributed by atoms with Crippen LogP contribution in [0.25, 0.3) is 0 Å². The lowest BCUT2D eigenvalue weighted by Gasteiger charge is -2.07. The summed E-state index contributed by atoms with van der Waals surface area (Å²) in [6.45, 7) is 4.65. The van der Waals surface area contributed by atoms with Crippen molar-refractivity contribution >= 4 is 21.6 Å². The molecule has 0 saturated heterocycles. The molecule has 1 aromatic heterocycles. The van der Waals surface area contributed by atoms with Gasteiger partial charge in [-0.2, -0.15) is 0 Å². The molecule has 0 unspecified atom stereocenters. The van der Waals surface area contributed by atoms with Crippen LogP contribution in [0.3, 0.4) is 0 Å². The highest BCUT2D eigenvalue weighted by Gasteiger charge is 2.20. The Balaban J connectivity index is 2.30. The molecule has 0 atom stereocenters. The molecule has 0 N–H and O–H groups in total. The molecule has 1 aromatic carbocycles. The standard InChI is InChI=1S/C13H17N3O2S2/c1-3-16-12(14-15-13(16)19-4-2)10-20(17,18)11-8-6-5-7-9-11/h5-9H,3-4,10H2,1-2H3. The van der Waals surface area contributed by atoms with Crippen LogP contribution in [0.15, 0.2) is 40.4 Å². The number of nitrogens with zero attached hydrogens (tertiary/aromatic N) is 3. The largest absolute Gasteiger partial charge is 0.305 e. The molecule has 0 saturated carbocycles. The van der Waals surface area contributed by atoms with Gasteiger partial charge in [0.05, 0.1) is 4.90 Å². The molecule has 0 amide bonds. The van der Waals surface area contributed by atoms with Gasteiger partial charge in [0.1, 0.15) is 11.6 Å². The highest BCUT2D eigenvalue weighted by atomic mass is 32.2. The van der Waals surface area contributed by atoms with E-state index in [4.69, 9.17) is 0 Å². The summed E-state index contributed by atoms with van der Waals surface area (Å²) < 4.78 is 26.6. The summed E-state index contributed by atoms with van der Waals surface area (Å²) in [6, 6.07) is 8.43. The zero-order valence-corrected chi connectivity index (χ0v) is 13.1. The first-order chi connectivity index (χ1) is 9.58. The zero-order valence-electron chi connectivity index (χ0n) is 11.5. The molecular weight excluding hydrogens is 294 g/mol. The van der Waals surface area contributed by atoms with Crippen LogP contribution in [-0.2, 0) is 22.1 Å². The third kappa shape index (κ3) is 3.21. The number of sulfone groups is 1. The van der Waals surface area contributed by atoms with E-state index in [0.717, 1.165) is 10.9 Å². The van der Waals surface area contributed by atoms with Crippen molar-refractivity contribution in [1.82, 2.24) is 14.8 Å². The van der Waals surface area contributed by atoms with Gasteiger partial charge in [0.2, 0.25) is 0 Å². The van der Waals surface area contributed by atoms with Crippen molar-refractivity contribution in [2.45, 2.75) is 36.2 Å². The average Bonchev–Trinajstić information content (AvgIpc) is 2.81. The number of hydrogen-bond acceptors (Lipinski definition) is 5. The summed E-state index contributed by atoms with van der Waals surface area (Å²) in [5, 5.41) is 8.87. The van der Waals surface area contributed by atoms with E-state index in [1.807, 2.05) is 18.4 Å². The zero-order chi connectivity index (χ0) is 14.6. The van der Waals surface area contributed by atoms with Crippen molar-refractivity contribution in [3.05, 3.63) is 36.2 Å². The Morgan fingerprint density at radius 1 is 1.15 bits per heavy atom. The normalized spacial score (nSPS) is 11.7. The number of benzene rings is 1. The maximum Gasteiger partial charge on any atom is 0.191 e. The first-order valence-electron chi connectivity index (χ1n) is 6.41. The SMILES string of the molecule is CCSc1nnc(CS(=O)(=O)c2ccccc2)n1CC. The Morgan fingerprint density at radius 3 is 2.45 bits per heavy atom. The lowest BCUT2D eigenvalue weighted by atomic mass is 10.4. The van der Waals surface area contributed by atoms with Crippen LogP contribution in [0.5, 0.6) is 0 Å². The number of thioether (sulfide) groups is 1. The molecule has 0 aliphatic heterocycles. The fourth-order valence-electron chi connectivity index (χ4n) is 1.86. The highest BCUT2D eigenvalue weighted by Crippen LogP contribution is 2.20. The second-order valence-corrected chi connectivity index (χ2v) is 7.37. The molecule has 20 heavy (non-hydrogen) atoms. The van der Waals surface area contributed by atoms with Crippen LogP contribution >= 0.6 is 11.8 Å². The molecule has 7 heteroatoms. The Kier molecular flexibility index (Phi) is 4.82. The minimum Gasteiger partial charge on any atom is -0.305 e. The van der Waals surface area contributed by atoms with Gasteiger partial charge in [0, 0.05) is 6.54 Å². The summed E-state index contributed by atoms with van der Waals surface area (Å²) in [4.78, 5) is 0.315.